The number of sulfonamides is 1. The van der Waals surface area contributed by atoms with E-state index in [0.717, 1.165) is 11.5 Å². The Morgan fingerprint density at radius 1 is 1.61 bits per heavy atom. The first kappa shape index (κ1) is 14.9. The molecule has 1 aromatic heterocycles. The summed E-state index contributed by atoms with van der Waals surface area (Å²) in [5.74, 6) is -0.874. The van der Waals surface area contributed by atoms with Crippen molar-refractivity contribution in [1.82, 2.24) is 9.10 Å². The molecule has 9 heteroatoms. The SMILES string of the molecule is COc1cc(S(=O)(=O)NC(C)(C)CC(=O)O)sn1. The number of ether oxygens (including phenoxy) is 1. The molecule has 0 unspecified atom stereocenters. The molecular formula is C9H14N2O5S2. The van der Waals surface area contributed by atoms with E-state index < -0.39 is 21.5 Å². The number of hydrogen-bond acceptors (Lipinski definition) is 6. The first-order valence-corrected chi connectivity index (χ1v) is 7.18. The van der Waals surface area contributed by atoms with Gasteiger partial charge in [-0.1, -0.05) is 0 Å². The minimum atomic E-state index is -3.79. The number of carboxylic acids is 1. The van der Waals surface area contributed by atoms with Crippen LogP contribution in [0.2, 0.25) is 0 Å². The van der Waals surface area contributed by atoms with Crippen LogP contribution in [0, 0.1) is 0 Å². The minimum Gasteiger partial charge on any atom is -0.481 e. The number of nitrogens with one attached hydrogen (secondary N) is 1. The predicted molar refractivity (Wildman–Crippen MR) is 65.3 cm³/mol. The lowest BCUT2D eigenvalue weighted by molar-refractivity contribution is -0.138. The lowest BCUT2D eigenvalue weighted by atomic mass is 10.0. The number of carbonyl (C=O) groups is 1. The highest BCUT2D eigenvalue weighted by Gasteiger charge is 2.30. The standard InChI is InChI=1S/C9H14N2O5S2/c1-9(2,5-7(12)13)11-18(14,15)8-4-6(16-3)10-17-8/h4,11H,5H2,1-3H3,(H,12,13). The van der Waals surface area contributed by atoms with E-state index in [2.05, 4.69) is 9.10 Å². The molecule has 0 saturated heterocycles. The number of nitrogens with zero attached hydrogens (tertiary/aromatic N) is 1. The van der Waals surface area contributed by atoms with Crippen LogP contribution in [0.4, 0.5) is 0 Å². The smallest absolute Gasteiger partial charge is 0.305 e. The van der Waals surface area contributed by atoms with Crippen molar-refractivity contribution in [2.75, 3.05) is 7.11 Å². The third kappa shape index (κ3) is 3.93. The molecular weight excluding hydrogens is 280 g/mol. The molecule has 0 aliphatic carbocycles. The average molecular weight is 294 g/mol. The molecule has 0 spiro atoms. The van der Waals surface area contributed by atoms with Crippen molar-refractivity contribution in [1.29, 1.82) is 0 Å². The molecule has 0 aliphatic rings. The summed E-state index contributed by atoms with van der Waals surface area (Å²) in [4.78, 5) is 10.6. The van der Waals surface area contributed by atoms with E-state index in [1.165, 1.54) is 27.0 Å². The van der Waals surface area contributed by atoms with Gasteiger partial charge < -0.3 is 9.84 Å². The van der Waals surface area contributed by atoms with Crippen molar-refractivity contribution in [2.45, 2.75) is 30.0 Å². The van der Waals surface area contributed by atoms with Gasteiger partial charge in [0, 0.05) is 11.6 Å². The van der Waals surface area contributed by atoms with Gasteiger partial charge in [0.1, 0.15) is 0 Å². The van der Waals surface area contributed by atoms with Gasteiger partial charge in [0.15, 0.2) is 4.21 Å². The van der Waals surface area contributed by atoms with Crippen LogP contribution >= 0.6 is 11.5 Å². The summed E-state index contributed by atoms with van der Waals surface area (Å²) in [5, 5.41) is 8.69. The second kappa shape index (κ2) is 5.21. The molecule has 102 valence electrons. The van der Waals surface area contributed by atoms with E-state index in [-0.39, 0.29) is 16.5 Å². The zero-order chi connectivity index (χ0) is 14.0. The number of aliphatic carboxylic acids is 1. The Balaban J connectivity index is 2.91. The third-order valence-corrected chi connectivity index (χ3v) is 4.86. The first-order chi connectivity index (χ1) is 8.16. The van der Waals surface area contributed by atoms with Crippen molar-refractivity contribution in [3.05, 3.63) is 6.07 Å². The average Bonchev–Trinajstić information content (AvgIpc) is 2.61. The van der Waals surface area contributed by atoms with E-state index in [9.17, 15) is 13.2 Å². The largest absolute Gasteiger partial charge is 0.481 e. The monoisotopic (exact) mass is 294 g/mol. The second-order valence-electron chi connectivity index (χ2n) is 4.25. The predicted octanol–water partition coefficient (Wildman–Crippen LogP) is 0.683. The Morgan fingerprint density at radius 2 is 2.22 bits per heavy atom. The van der Waals surface area contributed by atoms with Crippen molar-refractivity contribution < 1.29 is 23.1 Å². The van der Waals surface area contributed by atoms with Gasteiger partial charge in [0.25, 0.3) is 10.0 Å². The van der Waals surface area contributed by atoms with Crippen LogP contribution in [0.3, 0.4) is 0 Å². The Morgan fingerprint density at radius 3 is 2.67 bits per heavy atom. The summed E-state index contributed by atoms with van der Waals surface area (Å²) >= 11 is 0.768. The van der Waals surface area contributed by atoms with Crippen LogP contribution in [0.15, 0.2) is 10.3 Å². The molecule has 0 amide bonds. The fourth-order valence-electron chi connectivity index (χ4n) is 1.29. The van der Waals surface area contributed by atoms with E-state index >= 15 is 0 Å². The molecule has 1 aromatic rings. The molecule has 18 heavy (non-hydrogen) atoms. The summed E-state index contributed by atoms with van der Waals surface area (Å²) in [5.41, 5.74) is -1.08. The summed E-state index contributed by atoms with van der Waals surface area (Å²) in [6.07, 6.45) is -0.317. The molecule has 0 radical (unpaired) electrons. The number of rotatable bonds is 6. The summed E-state index contributed by atoms with van der Waals surface area (Å²) in [6, 6.07) is 1.28. The van der Waals surface area contributed by atoms with Gasteiger partial charge in [-0.15, -0.1) is 0 Å². The van der Waals surface area contributed by atoms with Crippen LogP contribution in [0.5, 0.6) is 5.88 Å². The van der Waals surface area contributed by atoms with Crippen molar-refractivity contribution in [3.8, 4) is 5.88 Å². The highest BCUT2D eigenvalue weighted by atomic mass is 32.2. The number of hydrogen-bond donors (Lipinski definition) is 2. The van der Waals surface area contributed by atoms with Gasteiger partial charge in [-0.05, 0) is 25.4 Å². The highest BCUT2D eigenvalue weighted by molar-refractivity contribution is 7.91. The Bertz CT molecular complexity index is 535. The van der Waals surface area contributed by atoms with E-state index in [1.807, 2.05) is 0 Å². The quantitative estimate of drug-likeness (QED) is 0.799. The Hall–Kier alpha value is -1.19. The van der Waals surface area contributed by atoms with Crippen LogP contribution in [-0.4, -0.2) is 36.5 Å². The second-order valence-corrected chi connectivity index (χ2v) is 6.96. The minimum absolute atomic E-state index is 0.0159. The maximum Gasteiger partial charge on any atom is 0.305 e. The van der Waals surface area contributed by atoms with Gasteiger partial charge >= 0.3 is 5.97 Å². The van der Waals surface area contributed by atoms with Crippen LogP contribution < -0.4 is 9.46 Å². The van der Waals surface area contributed by atoms with Crippen LogP contribution in [0.25, 0.3) is 0 Å². The summed E-state index contributed by atoms with van der Waals surface area (Å²) < 4.78 is 34.8. The summed E-state index contributed by atoms with van der Waals surface area (Å²) in [7, 11) is -2.41. The van der Waals surface area contributed by atoms with Crippen molar-refractivity contribution >= 4 is 27.5 Å². The van der Waals surface area contributed by atoms with Gasteiger partial charge in [0.05, 0.1) is 13.5 Å². The molecule has 0 saturated carbocycles. The Labute approximate surface area is 109 Å². The van der Waals surface area contributed by atoms with Gasteiger partial charge in [-0.25, -0.2) is 13.1 Å². The zero-order valence-electron chi connectivity index (χ0n) is 10.1. The lowest BCUT2D eigenvalue weighted by Crippen LogP contribution is -2.44. The maximum atomic E-state index is 12.0. The van der Waals surface area contributed by atoms with Crippen LogP contribution in [-0.2, 0) is 14.8 Å². The maximum absolute atomic E-state index is 12.0. The molecule has 7 nitrogen and oxygen atoms in total. The first-order valence-electron chi connectivity index (χ1n) is 4.93. The molecule has 1 heterocycles. The molecule has 0 fully saturated rings. The number of carboxylic acid groups (broad SMARTS) is 1. The highest BCUT2D eigenvalue weighted by Crippen LogP contribution is 2.23. The molecule has 0 aromatic carbocycles. The fourth-order valence-corrected chi connectivity index (χ4v) is 3.54. The van der Waals surface area contributed by atoms with Crippen LogP contribution in [0.1, 0.15) is 20.3 Å². The van der Waals surface area contributed by atoms with E-state index in [4.69, 9.17) is 9.84 Å². The van der Waals surface area contributed by atoms with Crippen molar-refractivity contribution in [2.24, 2.45) is 0 Å². The van der Waals surface area contributed by atoms with Gasteiger partial charge in [-0.3, -0.25) is 4.79 Å². The molecule has 0 aliphatic heterocycles. The van der Waals surface area contributed by atoms with E-state index in [0.29, 0.717) is 0 Å². The lowest BCUT2D eigenvalue weighted by Gasteiger charge is -2.23. The van der Waals surface area contributed by atoms with Gasteiger partial charge in [0.2, 0.25) is 5.88 Å². The topological polar surface area (TPSA) is 106 Å². The molecule has 0 bridgehead atoms. The molecule has 1 rings (SSSR count). The number of methoxy groups -OCH3 is 1. The van der Waals surface area contributed by atoms with Gasteiger partial charge in [-0.2, -0.15) is 4.37 Å². The molecule has 0 atom stereocenters. The normalized spacial score (nSPS) is 12.4. The Kier molecular flexibility index (Phi) is 4.30. The van der Waals surface area contributed by atoms with E-state index in [1.54, 1.807) is 0 Å². The fraction of sp³-hybridized carbons (Fsp3) is 0.556. The zero-order valence-corrected chi connectivity index (χ0v) is 11.8. The third-order valence-electron chi connectivity index (χ3n) is 1.94. The summed E-state index contributed by atoms with van der Waals surface area (Å²) in [6.45, 7) is 2.99. The van der Waals surface area contributed by atoms with Crippen molar-refractivity contribution in [3.63, 3.8) is 0 Å². The molecule has 2 N–H and O–H groups in total. The number of aromatic nitrogens is 1.